The van der Waals surface area contributed by atoms with Crippen LogP contribution in [0, 0.1) is 0 Å². The van der Waals surface area contributed by atoms with Crippen LogP contribution in [-0.4, -0.2) is 44.9 Å². The number of nitrogen functional groups attached to an aromatic ring is 1. The minimum Gasteiger partial charge on any atom is -0.460 e. The van der Waals surface area contributed by atoms with Gasteiger partial charge in [-0.2, -0.15) is 13.8 Å². The van der Waals surface area contributed by atoms with Gasteiger partial charge in [0.05, 0.1) is 0 Å². The number of nitrogens with two attached hydrogens (primary N) is 1. The van der Waals surface area contributed by atoms with Gasteiger partial charge in [-0.3, -0.25) is 9.36 Å². The van der Waals surface area contributed by atoms with Crippen molar-refractivity contribution in [2.45, 2.75) is 50.7 Å². The van der Waals surface area contributed by atoms with E-state index in [9.17, 15) is 23.5 Å². The third-order valence-corrected chi connectivity index (χ3v) is 3.49. The van der Waals surface area contributed by atoms with Gasteiger partial charge in [-0.25, -0.2) is 4.79 Å². The third kappa shape index (κ3) is 3.17. The maximum absolute atomic E-state index is 14.3. The molecular weight excluding hydrogens is 316 g/mol. The van der Waals surface area contributed by atoms with Crippen LogP contribution in [-0.2, 0) is 14.3 Å². The highest BCUT2D eigenvalue weighted by Gasteiger charge is 2.61. The van der Waals surface area contributed by atoms with E-state index in [0.717, 1.165) is 12.3 Å². The first-order valence-corrected chi connectivity index (χ1v) is 6.94. The van der Waals surface area contributed by atoms with Crippen LogP contribution in [0.1, 0.15) is 26.5 Å². The Balaban J connectivity index is 2.29. The van der Waals surface area contributed by atoms with Crippen LogP contribution in [0.5, 0.6) is 0 Å². The Bertz CT molecular complexity index is 651. The van der Waals surface area contributed by atoms with Crippen LogP contribution >= 0.6 is 0 Å². The standard InChI is InChI=1S/C13H17F2N3O5/c1-3-8(19)22-6(2)9-10(20)13(14,15)11(23-9)18-5-4-7(16)17-12(18)21/h4-6,9-11,20H,3H2,1-2H3,(H2,16,17,21)/t6?,9-,10?,11-/m1/s1. The van der Waals surface area contributed by atoms with Crippen molar-refractivity contribution in [3.05, 3.63) is 22.7 Å². The fraction of sp³-hybridized carbons (Fsp3) is 0.615. The van der Waals surface area contributed by atoms with Gasteiger partial charge in [0.15, 0.2) is 6.10 Å². The Morgan fingerprint density at radius 2 is 2.30 bits per heavy atom. The maximum atomic E-state index is 14.3. The van der Waals surface area contributed by atoms with Crippen LogP contribution in [0.25, 0.3) is 0 Å². The van der Waals surface area contributed by atoms with Gasteiger partial charge < -0.3 is 20.3 Å². The zero-order chi connectivity index (χ0) is 17.4. The van der Waals surface area contributed by atoms with Gasteiger partial charge in [-0.05, 0) is 13.0 Å². The molecule has 1 aromatic heterocycles. The lowest BCUT2D eigenvalue weighted by Crippen LogP contribution is -2.44. The average molecular weight is 333 g/mol. The fourth-order valence-electron chi connectivity index (χ4n) is 2.26. The average Bonchev–Trinajstić information content (AvgIpc) is 2.70. The summed E-state index contributed by atoms with van der Waals surface area (Å²) >= 11 is 0. The fourth-order valence-corrected chi connectivity index (χ4v) is 2.26. The number of hydrogen-bond acceptors (Lipinski definition) is 7. The molecule has 1 aliphatic rings. The number of hydrogen-bond donors (Lipinski definition) is 2. The number of nitrogens with zero attached hydrogens (tertiary/aromatic N) is 2. The highest BCUT2D eigenvalue weighted by Crippen LogP contribution is 2.43. The second-order valence-corrected chi connectivity index (χ2v) is 5.16. The number of carbonyl (C=O) groups excluding carboxylic acids is 1. The number of alkyl halides is 2. The highest BCUT2D eigenvalue weighted by molar-refractivity contribution is 5.69. The zero-order valence-electron chi connectivity index (χ0n) is 12.5. The van der Waals surface area contributed by atoms with Gasteiger partial charge in [0, 0.05) is 12.6 Å². The van der Waals surface area contributed by atoms with Crippen molar-refractivity contribution in [3.8, 4) is 0 Å². The summed E-state index contributed by atoms with van der Waals surface area (Å²) in [6.45, 7) is 2.86. The van der Waals surface area contributed by atoms with Gasteiger partial charge in [0.2, 0.25) is 6.23 Å². The molecule has 1 saturated heterocycles. The lowest BCUT2D eigenvalue weighted by molar-refractivity contribution is -0.160. The summed E-state index contributed by atoms with van der Waals surface area (Å²) in [5.41, 5.74) is 4.27. The molecule has 1 fully saturated rings. The number of aromatic nitrogens is 2. The number of carbonyl (C=O) groups is 1. The Morgan fingerprint density at radius 3 is 2.87 bits per heavy atom. The van der Waals surface area contributed by atoms with Crippen molar-refractivity contribution < 1.29 is 28.2 Å². The van der Waals surface area contributed by atoms with Crippen molar-refractivity contribution in [2.75, 3.05) is 5.73 Å². The number of aliphatic hydroxyl groups is 1. The molecule has 4 atom stereocenters. The lowest BCUT2D eigenvalue weighted by Gasteiger charge is -2.22. The summed E-state index contributed by atoms with van der Waals surface area (Å²) in [4.78, 5) is 26.3. The van der Waals surface area contributed by atoms with Gasteiger partial charge in [-0.15, -0.1) is 0 Å². The molecule has 3 N–H and O–H groups in total. The molecule has 0 spiro atoms. The molecule has 10 heteroatoms. The number of ether oxygens (including phenoxy) is 2. The summed E-state index contributed by atoms with van der Waals surface area (Å²) in [6, 6.07) is 1.15. The molecule has 0 saturated carbocycles. The number of esters is 1. The highest BCUT2D eigenvalue weighted by atomic mass is 19.3. The van der Waals surface area contributed by atoms with Gasteiger partial charge in [0.25, 0.3) is 0 Å². The van der Waals surface area contributed by atoms with Crippen molar-refractivity contribution in [2.24, 2.45) is 0 Å². The predicted octanol–water partition coefficient (Wildman–Crippen LogP) is 0.0608. The molecule has 0 aromatic carbocycles. The molecule has 2 unspecified atom stereocenters. The SMILES string of the molecule is CCC(=O)OC(C)[C@H]1O[C@@H](n2ccc(N)nc2=O)C(F)(F)C1O. The molecule has 0 bridgehead atoms. The second-order valence-electron chi connectivity index (χ2n) is 5.16. The maximum Gasteiger partial charge on any atom is 0.351 e. The minimum atomic E-state index is -3.78. The predicted molar refractivity (Wildman–Crippen MR) is 73.6 cm³/mol. The normalized spacial score (nSPS) is 27.6. The van der Waals surface area contributed by atoms with E-state index in [4.69, 9.17) is 15.2 Å². The van der Waals surface area contributed by atoms with E-state index >= 15 is 0 Å². The van der Waals surface area contributed by atoms with Crippen molar-refractivity contribution in [1.82, 2.24) is 9.55 Å². The summed E-state index contributed by atoms with van der Waals surface area (Å²) in [5.74, 6) is -4.53. The molecule has 2 heterocycles. The number of rotatable bonds is 4. The molecule has 2 rings (SSSR count). The van der Waals surface area contributed by atoms with E-state index in [1.165, 1.54) is 13.8 Å². The molecular formula is C13H17F2N3O5. The Hall–Kier alpha value is -2.07. The molecule has 1 aliphatic heterocycles. The number of halogens is 2. The molecule has 23 heavy (non-hydrogen) atoms. The van der Waals surface area contributed by atoms with Crippen molar-refractivity contribution in [1.29, 1.82) is 0 Å². The Kier molecular flexibility index (Phi) is 4.66. The van der Waals surface area contributed by atoms with E-state index < -0.39 is 42.1 Å². The van der Waals surface area contributed by atoms with Crippen LogP contribution in [0.2, 0.25) is 0 Å². The molecule has 128 valence electrons. The topological polar surface area (TPSA) is 117 Å². The van der Waals surface area contributed by atoms with Gasteiger partial charge >= 0.3 is 17.6 Å². The van der Waals surface area contributed by atoms with Crippen molar-refractivity contribution >= 4 is 11.8 Å². The molecule has 0 amide bonds. The quantitative estimate of drug-likeness (QED) is 0.748. The van der Waals surface area contributed by atoms with E-state index in [1.807, 2.05) is 0 Å². The van der Waals surface area contributed by atoms with E-state index in [-0.39, 0.29) is 12.2 Å². The zero-order valence-corrected chi connectivity index (χ0v) is 12.5. The second kappa shape index (κ2) is 6.20. The van der Waals surface area contributed by atoms with Crippen LogP contribution in [0.15, 0.2) is 17.1 Å². The molecule has 0 radical (unpaired) electrons. The van der Waals surface area contributed by atoms with Crippen molar-refractivity contribution in [3.63, 3.8) is 0 Å². The third-order valence-electron chi connectivity index (χ3n) is 3.49. The summed E-state index contributed by atoms with van der Waals surface area (Å²) in [6.07, 6.45) is -5.89. The minimum absolute atomic E-state index is 0.0499. The van der Waals surface area contributed by atoms with Gasteiger partial charge in [-0.1, -0.05) is 6.92 Å². The molecule has 8 nitrogen and oxygen atoms in total. The van der Waals surface area contributed by atoms with Crippen LogP contribution < -0.4 is 11.4 Å². The van der Waals surface area contributed by atoms with E-state index in [2.05, 4.69) is 4.98 Å². The largest absolute Gasteiger partial charge is 0.460 e. The molecule has 1 aromatic rings. The Labute approximate surface area is 129 Å². The van der Waals surface area contributed by atoms with Gasteiger partial charge in [0.1, 0.15) is 18.0 Å². The summed E-state index contributed by atoms with van der Waals surface area (Å²) < 4.78 is 39.1. The number of aliphatic hydroxyl groups excluding tert-OH is 1. The first kappa shape index (κ1) is 17.3. The monoisotopic (exact) mass is 333 g/mol. The van der Waals surface area contributed by atoms with Crippen LogP contribution in [0.3, 0.4) is 0 Å². The first-order valence-electron chi connectivity index (χ1n) is 6.94. The van der Waals surface area contributed by atoms with E-state index in [1.54, 1.807) is 0 Å². The Morgan fingerprint density at radius 1 is 1.65 bits per heavy atom. The first-order chi connectivity index (χ1) is 10.7. The van der Waals surface area contributed by atoms with E-state index in [0.29, 0.717) is 4.57 Å². The summed E-state index contributed by atoms with van der Waals surface area (Å²) in [7, 11) is 0. The summed E-state index contributed by atoms with van der Waals surface area (Å²) in [5, 5.41) is 9.82. The lowest BCUT2D eigenvalue weighted by atomic mass is 10.1. The smallest absolute Gasteiger partial charge is 0.351 e. The van der Waals surface area contributed by atoms with Crippen LogP contribution in [0.4, 0.5) is 14.6 Å². The molecule has 0 aliphatic carbocycles. The number of anilines is 1.